The van der Waals surface area contributed by atoms with Crippen LogP contribution in [0.5, 0.6) is 0 Å². The first-order chi connectivity index (χ1) is 9.85. The van der Waals surface area contributed by atoms with Crippen LogP contribution < -0.4 is 5.73 Å². The molecule has 1 aromatic carbocycles. The Balaban J connectivity index is 2.87. The van der Waals surface area contributed by atoms with Crippen LogP contribution in [0.2, 0.25) is 0 Å². The van der Waals surface area contributed by atoms with E-state index in [-0.39, 0.29) is 18.3 Å². The van der Waals surface area contributed by atoms with Crippen LogP contribution in [0.3, 0.4) is 0 Å². The molecule has 1 amide bonds. The summed E-state index contributed by atoms with van der Waals surface area (Å²) in [6.45, 7) is 4.95. The number of benzene rings is 1. The van der Waals surface area contributed by atoms with Gasteiger partial charge >= 0.3 is 5.97 Å². The Bertz CT molecular complexity index is 518. The minimum Gasteiger partial charge on any atom is -0.469 e. The Morgan fingerprint density at radius 3 is 2.57 bits per heavy atom. The highest BCUT2D eigenvalue weighted by Crippen LogP contribution is 2.21. The lowest BCUT2D eigenvalue weighted by Gasteiger charge is -2.24. The second-order valence-corrected chi connectivity index (χ2v) is 6.06. The Hall–Kier alpha value is -1.56. The molecule has 116 valence electrons. The molecule has 0 unspecified atom stereocenters. The zero-order valence-corrected chi connectivity index (χ0v) is 14.1. The van der Waals surface area contributed by atoms with Crippen LogP contribution in [-0.4, -0.2) is 37.0 Å². The van der Waals surface area contributed by atoms with Gasteiger partial charge in [-0.3, -0.25) is 9.59 Å². The van der Waals surface area contributed by atoms with Crippen molar-refractivity contribution in [3.8, 4) is 0 Å². The second-order valence-electron chi connectivity index (χ2n) is 5.21. The Kier molecular flexibility index (Phi) is 6.68. The van der Waals surface area contributed by atoms with Crippen LogP contribution in [-0.2, 0) is 9.53 Å². The van der Waals surface area contributed by atoms with Crippen molar-refractivity contribution in [2.75, 3.05) is 25.9 Å². The van der Waals surface area contributed by atoms with Crippen LogP contribution in [0.4, 0.5) is 5.69 Å². The van der Waals surface area contributed by atoms with Gasteiger partial charge in [-0.15, -0.1) is 0 Å². The maximum atomic E-state index is 12.5. The summed E-state index contributed by atoms with van der Waals surface area (Å²) in [6.07, 6.45) is 0.182. The van der Waals surface area contributed by atoms with E-state index in [2.05, 4.69) is 20.7 Å². The molecular formula is C15H21BrN2O3. The molecule has 0 heterocycles. The third kappa shape index (κ3) is 5.38. The van der Waals surface area contributed by atoms with Gasteiger partial charge in [0, 0.05) is 28.8 Å². The molecule has 0 saturated carbocycles. The monoisotopic (exact) mass is 356 g/mol. The van der Waals surface area contributed by atoms with Gasteiger partial charge in [-0.1, -0.05) is 13.8 Å². The fourth-order valence-corrected chi connectivity index (χ4v) is 2.15. The van der Waals surface area contributed by atoms with Crippen molar-refractivity contribution < 1.29 is 14.3 Å². The Morgan fingerprint density at radius 2 is 2.05 bits per heavy atom. The van der Waals surface area contributed by atoms with Gasteiger partial charge in [0.1, 0.15) is 0 Å². The Labute approximate surface area is 133 Å². The van der Waals surface area contributed by atoms with Gasteiger partial charge in [-0.2, -0.15) is 0 Å². The van der Waals surface area contributed by atoms with Gasteiger partial charge in [0.25, 0.3) is 5.91 Å². The molecule has 2 N–H and O–H groups in total. The number of nitrogens with two attached hydrogens (primary N) is 1. The van der Waals surface area contributed by atoms with Crippen molar-refractivity contribution in [2.45, 2.75) is 20.3 Å². The molecule has 0 atom stereocenters. The number of amides is 1. The second kappa shape index (κ2) is 8.02. The normalized spacial score (nSPS) is 10.5. The smallest absolute Gasteiger partial charge is 0.307 e. The average Bonchev–Trinajstić information content (AvgIpc) is 2.44. The zero-order valence-electron chi connectivity index (χ0n) is 12.6. The standard InChI is InChI=1S/C15H21BrN2O3/c1-10(2)9-18(7-6-14(19)21-3)15(20)11-4-5-12(16)13(17)8-11/h4-5,8,10H,6-7,9,17H2,1-3H3. The molecule has 0 bridgehead atoms. The van der Waals surface area contributed by atoms with Gasteiger partial charge in [0.15, 0.2) is 0 Å². The quantitative estimate of drug-likeness (QED) is 0.628. The van der Waals surface area contributed by atoms with E-state index in [1.54, 1.807) is 23.1 Å². The Morgan fingerprint density at radius 1 is 1.38 bits per heavy atom. The first-order valence-electron chi connectivity index (χ1n) is 6.76. The summed E-state index contributed by atoms with van der Waals surface area (Å²) < 4.78 is 5.38. The molecule has 6 heteroatoms. The molecule has 5 nitrogen and oxygen atoms in total. The number of hydrogen-bond donors (Lipinski definition) is 1. The zero-order chi connectivity index (χ0) is 16.0. The number of hydrogen-bond acceptors (Lipinski definition) is 4. The number of carbonyl (C=O) groups excluding carboxylic acids is 2. The summed E-state index contributed by atoms with van der Waals surface area (Å²) in [5.41, 5.74) is 6.84. The van der Waals surface area contributed by atoms with E-state index in [4.69, 9.17) is 5.73 Å². The van der Waals surface area contributed by atoms with E-state index < -0.39 is 0 Å². The minimum atomic E-state index is -0.327. The molecule has 0 aliphatic heterocycles. The lowest BCUT2D eigenvalue weighted by molar-refractivity contribution is -0.140. The molecular weight excluding hydrogens is 336 g/mol. The van der Waals surface area contributed by atoms with Crippen molar-refractivity contribution in [3.63, 3.8) is 0 Å². The number of esters is 1. The lowest BCUT2D eigenvalue weighted by Crippen LogP contribution is -2.36. The number of carbonyl (C=O) groups is 2. The predicted molar refractivity (Wildman–Crippen MR) is 85.9 cm³/mol. The van der Waals surface area contributed by atoms with Crippen molar-refractivity contribution >= 4 is 33.5 Å². The van der Waals surface area contributed by atoms with E-state index in [1.165, 1.54) is 7.11 Å². The summed E-state index contributed by atoms with van der Waals surface area (Å²) in [5.74, 6) is -0.155. The first kappa shape index (κ1) is 17.5. The molecule has 0 saturated heterocycles. The highest BCUT2D eigenvalue weighted by molar-refractivity contribution is 9.10. The summed E-state index contributed by atoms with van der Waals surface area (Å²) in [7, 11) is 1.34. The van der Waals surface area contributed by atoms with Crippen molar-refractivity contribution in [3.05, 3.63) is 28.2 Å². The van der Waals surface area contributed by atoms with Crippen molar-refractivity contribution in [2.24, 2.45) is 5.92 Å². The van der Waals surface area contributed by atoms with Crippen LogP contribution >= 0.6 is 15.9 Å². The van der Waals surface area contributed by atoms with Gasteiger partial charge in [0.2, 0.25) is 0 Å². The van der Waals surface area contributed by atoms with Crippen LogP contribution in [0.25, 0.3) is 0 Å². The van der Waals surface area contributed by atoms with Gasteiger partial charge in [0.05, 0.1) is 13.5 Å². The number of rotatable bonds is 6. The van der Waals surface area contributed by atoms with E-state index >= 15 is 0 Å². The molecule has 21 heavy (non-hydrogen) atoms. The highest BCUT2D eigenvalue weighted by Gasteiger charge is 2.18. The van der Waals surface area contributed by atoms with Gasteiger partial charge < -0.3 is 15.4 Å². The predicted octanol–water partition coefficient (Wildman–Crippen LogP) is 2.69. The van der Waals surface area contributed by atoms with E-state index in [0.717, 1.165) is 4.47 Å². The molecule has 1 aromatic rings. The number of nitrogen functional groups attached to an aromatic ring is 1. The molecule has 0 aliphatic carbocycles. The maximum Gasteiger partial charge on any atom is 0.307 e. The molecule has 1 rings (SSSR count). The highest BCUT2D eigenvalue weighted by atomic mass is 79.9. The van der Waals surface area contributed by atoms with Crippen molar-refractivity contribution in [1.29, 1.82) is 0 Å². The van der Waals surface area contributed by atoms with Gasteiger partial charge in [-0.05, 0) is 40.0 Å². The fraction of sp³-hybridized carbons (Fsp3) is 0.467. The lowest BCUT2D eigenvalue weighted by atomic mass is 10.1. The molecule has 0 aromatic heterocycles. The topological polar surface area (TPSA) is 72.6 Å². The van der Waals surface area contributed by atoms with Crippen LogP contribution in [0.15, 0.2) is 22.7 Å². The van der Waals surface area contributed by atoms with Crippen molar-refractivity contribution in [1.82, 2.24) is 4.90 Å². The third-order valence-corrected chi connectivity index (χ3v) is 3.65. The summed E-state index contributed by atoms with van der Waals surface area (Å²) in [4.78, 5) is 25.5. The van der Waals surface area contributed by atoms with E-state index in [1.807, 2.05) is 13.8 Å². The minimum absolute atomic E-state index is 0.133. The first-order valence-corrected chi connectivity index (χ1v) is 7.55. The largest absolute Gasteiger partial charge is 0.469 e. The fourth-order valence-electron chi connectivity index (χ4n) is 1.90. The third-order valence-electron chi connectivity index (χ3n) is 2.93. The summed E-state index contributed by atoms with van der Waals surface area (Å²) >= 11 is 3.30. The van der Waals surface area contributed by atoms with E-state index in [9.17, 15) is 9.59 Å². The SMILES string of the molecule is COC(=O)CCN(CC(C)C)C(=O)c1ccc(Br)c(N)c1. The number of nitrogens with zero attached hydrogens (tertiary/aromatic N) is 1. The average molecular weight is 357 g/mol. The maximum absolute atomic E-state index is 12.5. The number of halogens is 1. The summed E-state index contributed by atoms with van der Waals surface area (Å²) in [6, 6.07) is 5.10. The van der Waals surface area contributed by atoms with Gasteiger partial charge in [-0.25, -0.2) is 0 Å². The molecule has 0 spiro atoms. The number of methoxy groups -OCH3 is 1. The van der Waals surface area contributed by atoms with Crippen LogP contribution in [0, 0.1) is 5.92 Å². The van der Waals surface area contributed by atoms with Crippen LogP contribution in [0.1, 0.15) is 30.6 Å². The molecule has 0 radical (unpaired) electrons. The number of anilines is 1. The molecule has 0 fully saturated rings. The number of ether oxygens (including phenoxy) is 1. The van der Waals surface area contributed by atoms with E-state index in [0.29, 0.717) is 30.3 Å². The molecule has 0 aliphatic rings. The summed E-state index contributed by atoms with van der Waals surface area (Å²) in [5, 5.41) is 0.